The third-order valence-corrected chi connectivity index (χ3v) is 5.43. The predicted molar refractivity (Wildman–Crippen MR) is 84.2 cm³/mol. The number of sulfonamides is 1. The highest BCUT2D eigenvalue weighted by Gasteiger charge is 2.16. The number of hydrogen-bond donors (Lipinski definition) is 2. The number of ether oxygens (including phenoxy) is 1. The molecule has 0 saturated heterocycles. The van der Waals surface area contributed by atoms with E-state index in [1.54, 1.807) is 11.4 Å². The molecule has 2 rings (SSSR count). The van der Waals surface area contributed by atoms with Crippen LogP contribution < -0.4 is 15.0 Å². The SMILES string of the molecule is Cc1ccc(C)c(OCC(=O)NNS(=O)(=O)c2cccs2)c1. The number of rotatable bonds is 6. The second-order valence-corrected chi connectivity index (χ2v) is 7.50. The van der Waals surface area contributed by atoms with E-state index in [1.165, 1.54) is 6.07 Å². The Morgan fingerprint density at radius 1 is 1.27 bits per heavy atom. The molecule has 0 aliphatic heterocycles. The molecule has 0 spiro atoms. The number of amides is 1. The summed E-state index contributed by atoms with van der Waals surface area (Å²) in [4.78, 5) is 13.7. The number of aryl methyl sites for hydroxylation is 2. The van der Waals surface area contributed by atoms with Crippen molar-refractivity contribution in [2.24, 2.45) is 0 Å². The number of benzene rings is 1. The van der Waals surface area contributed by atoms with Crippen LogP contribution in [0.4, 0.5) is 0 Å². The van der Waals surface area contributed by atoms with E-state index in [4.69, 9.17) is 4.74 Å². The predicted octanol–water partition coefficient (Wildman–Crippen LogP) is 1.75. The summed E-state index contributed by atoms with van der Waals surface area (Å²) in [5.74, 6) is 0.0114. The van der Waals surface area contributed by atoms with E-state index in [9.17, 15) is 13.2 Å². The molecule has 0 fully saturated rings. The first-order valence-corrected chi connectivity index (χ1v) is 8.79. The molecule has 0 aliphatic rings. The zero-order valence-corrected chi connectivity index (χ0v) is 13.8. The summed E-state index contributed by atoms with van der Waals surface area (Å²) in [7, 11) is -3.73. The van der Waals surface area contributed by atoms with E-state index in [-0.39, 0.29) is 10.8 Å². The maximum Gasteiger partial charge on any atom is 0.272 e. The first kappa shape index (κ1) is 16.5. The minimum absolute atomic E-state index is 0.128. The summed E-state index contributed by atoms with van der Waals surface area (Å²) in [6.45, 7) is 3.50. The molecule has 0 atom stereocenters. The van der Waals surface area contributed by atoms with Gasteiger partial charge in [0.15, 0.2) is 6.61 Å². The van der Waals surface area contributed by atoms with Gasteiger partial charge in [0.05, 0.1) is 0 Å². The van der Waals surface area contributed by atoms with E-state index >= 15 is 0 Å². The van der Waals surface area contributed by atoms with Crippen molar-refractivity contribution in [1.29, 1.82) is 0 Å². The van der Waals surface area contributed by atoms with Crippen LogP contribution in [-0.4, -0.2) is 20.9 Å². The van der Waals surface area contributed by atoms with Crippen LogP contribution in [0.2, 0.25) is 0 Å². The van der Waals surface area contributed by atoms with Gasteiger partial charge >= 0.3 is 0 Å². The van der Waals surface area contributed by atoms with Crippen molar-refractivity contribution in [1.82, 2.24) is 10.3 Å². The highest BCUT2D eigenvalue weighted by atomic mass is 32.2. The van der Waals surface area contributed by atoms with Crippen molar-refractivity contribution in [3.63, 3.8) is 0 Å². The Labute approximate surface area is 133 Å². The molecule has 0 bridgehead atoms. The fraction of sp³-hybridized carbons (Fsp3) is 0.214. The number of hydrogen-bond acceptors (Lipinski definition) is 5. The summed E-state index contributed by atoms with van der Waals surface area (Å²) in [6, 6.07) is 8.72. The van der Waals surface area contributed by atoms with Crippen LogP contribution in [0.5, 0.6) is 5.75 Å². The van der Waals surface area contributed by atoms with Crippen LogP contribution in [0.3, 0.4) is 0 Å². The first-order chi connectivity index (χ1) is 10.4. The largest absolute Gasteiger partial charge is 0.483 e. The summed E-state index contributed by atoms with van der Waals surface area (Å²) in [6.07, 6.45) is 0. The molecule has 0 radical (unpaired) electrons. The van der Waals surface area contributed by atoms with Gasteiger partial charge in [0.1, 0.15) is 9.96 Å². The number of nitrogens with one attached hydrogen (secondary N) is 2. The Bertz CT molecular complexity index is 755. The van der Waals surface area contributed by atoms with E-state index in [1.807, 2.05) is 36.9 Å². The van der Waals surface area contributed by atoms with Crippen LogP contribution in [0.1, 0.15) is 11.1 Å². The molecule has 0 saturated carbocycles. The third-order valence-electron chi connectivity index (χ3n) is 2.79. The molecule has 118 valence electrons. The quantitative estimate of drug-likeness (QED) is 0.785. The Hall–Kier alpha value is -1.90. The molecule has 2 N–H and O–H groups in total. The number of carbonyl (C=O) groups is 1. The molecular formula is C14H16N2O4S2. The maximum atomic E-state index is 11.8. The molecule has 6 nitrogen and oxygen atoms in total. The van der Waals surface area contributed by atoms with Gasteiger partial charge in [0, 0.05) is 0 Å². The lowest BCUT2D eigenvalue weighted by molar-refractivity contribution is -0.123. The average molecular weight is 340 g/mol. The first-order valence-electron chi connectivity index (χ1n) is 6.43. The number of carbonyl (C=O) groups excluding carboxylic acids is 1. The topological polar surface area (TPSA) is 84.5 Å². The fourth-order valence-corrected chi connectivity index (χ4v) is 3.49. The standard InChI is InChI=1S/C14H16N2O4S2/c1-10-5-6-11(2)12(8-10)20-9-13(17)15-16-22(18,19)14-4-3-7-21-14/h3-8,16H,9H2,1-2H3,(H,15,17). The number of hydrazine groups is 1. The van der Waals surface area contributed by atoms with Crippen molar-refractivity contribution in [3.05, 3.63) is 46.8 Å². The summed E-state index contributed by atoms with van der Waals surface area (Å²) < 4.78 is 29.1. The van der Waals surface area contributed by atoms with Crippen molar-refractivity contribution in [2.75, 3.05) is 6.61 Å². The minimum Gasteiger partial charge on any atom is -0.483 e. The Morgan fingerprint density at radius 2 is 2.05 bits per heavy atom. The van der Waals surface area contributed by atoms with E-state index in [0.29, 0.717) is 5.75 Å². The molecular weight excluding hydrogens is 324 g/mol. The maximum absolute atomic E-state index is 11.8. The average Bonchev–Trinajstić information content (AvgIpc) is 3.01. The van der Waals surface area contributed by atoms with Crippen molar-refractivity contribution < 1.29 is 17.9 Å². The summed E-state index contributed by atoms with van der Waals surface area (Å²) in [5.41, 5.74) is 4.03. The molecule has 1 heterocycles. The van der Waals surface area contributed by atoms with Gasteiger partial charge in [-0.1, -0.05) is 18.2 Å². The molecule has 0 aliphatic carbocycles. The smallest absolute Gasteiger partial charge is 0.272 e. The van der Waals surface area contributed by atoms with Gasteiger partial charge in [-0.2, -0.15) is 0 Å². The molecule has 1 aromatic heterocycles. The lowest BCUT2D eigenvalue weighted by Crippen LogP contribution is -2.43. The highest BCUT2D eigenvalue weighted by Crippen LogP contribution is 2.18. The molecule has 1 amide bonds. The Morgan fingerprint density at radius 3 is 2.73 bits per heavy atom. The Kier molecular flexibility index (Phi) is 5.17. The normalized spacial score (nSPS) is 11.2. The van der Waals surface area contributed by atoms with Crippen LogP contribution in [0, 0.1) is 13.8 Å². The zero-order valence-electron chi connectivity index (χ0n) is 12.1. The minimum atomic E-state index is -3.73. The molecule has 0 unspecified atom stereocenters. The second kappa shape index (κ2) is 6.91. The lowest BCUT2D eigenvalue weighted by Gasteiger charge is -2.10. The molecule has 2 aromatic rings. The van der Waals surface area contributed by atoms with Gasteiger partial charge in [-0.05, 0) is 42.5 Å². The van der Waals surface area contributed by atoms with Crippen LogP contribution in [0.25, 0.3) is 0 Å². The van der Waals surface area contributed by atoms with Crippen LogP contribution in [0.15, 0.2) is 39.9 Å². The van der Waals surface area contributed by atoms with E-state index < -0.39 is 15.9 Å². The van der Waals surface area contributed by atoms with Crippen LogP contribution >= 0.6 is 11.3 Å². The van der Waals surface area contributed by atoms with Gasteiger partial charge in [0.2, 0.25) is 0 Å². The summed E-state index contributed by atoms with van der Waals surface area (Å²) in [5, 5.41) is 1.64. The lowest BCUT2D eigenvalue weighted by atomic mass is 10.1. The summed E-state index contributed by atoms with van der Waals surface area (Å²) >= 11 is 1.06. The van der Waals surface area contributed by atoms with Crippen LogP contribution in [-0.2, 0) is 14.8 Å². The number of thiophene rings is 1. The van der Waals surface area contributed by atoms with Gasteiger partial charge < -0.3 is 4.74 Å². The van der Waals surface area contributed by atoms with Crippen molar-refractivity contribution >= 4 is 27.3 Å². The van der Waals surface area contributed by atoms with Gasteiger partial charge in [-0.3, -0.25) is 10.2 Å². The van der Waals surface area contributed by atoms with Crippen molar-refractivity contribution in [3.8, 4) is 5.75 Å². The monoisotopic (exact) mass is 340 g/mol. The molecule has 8 heteroatoms. The Balaban J connectivity index is 1.87. The third kappa shape index (κ3) is 4.30. The second-order valence-electron chi connectivity index (χ2n) is 4.64. The zero-order chi connectivity index (χ0) is 16.2. The van der Waals surface area contributed by atoms with Gasteiger partial charge in [-0.25, -0.2) is 8.42 Å². The highest BCUT2D eigenvalue weighted by molar-refractivity contribution is 7.91. The molecule has 1 aromatic carbocycles. The van der Waals surface area contributed by atoms with E-state index in [0.717, 1.165) is 22.5 Å². The van der Waals surface area contributed by atoms with Crippen molar-refractivity contribution in [2.45, 2.75) is 18.1 Å². The van der Waals surface area contributed by atoms with E-state index in [2.05, 4.69) is 5.43 Å². The van der Waals surface area contributed by atoms with Gasteiger partial charge in [0.25, 0.3) is 15.9 Å². The van der Waals surface area contributed by atoms with Gasteiger partial charge in [-0.15, -0.1) is 16.2 Å². The fourth-order valence-electron chi connectivity index (χ4n) is 1.63. The molecule has 22 heavy (non-hydrogen) atoms.